The molecule has 1 rings (SSSR count). The second-order valence-corrected chi connectivity index (χ2v) is 7.78. The number of sulfonamides is 1. The van der Waals surface area contributed by atoms with Gasteiger partial charge >= 0.3 is 0 Å². The number of hydrogen-bond donors (Lipinski definition) is 1. The van der Waals surface area contributed by atoms with Crippen LogP contribution in [0.25, 0.3) is 0 Å². The molecule has 1 atom stereocenters. The molecule has 24 heavy (non-hydrogen) atoms. The number of carbonyl (C=O) groups excluding carboxylic acids is 1. The molecule has 0 fully saturated rings. The Morgan fingerprint density at radius 3 is 2.33 bits per heavy atom. The molecule has 0 heterocycles. The summed E-state index contributed by atoms with van der Waals surface area (Å²) in [6.45, 7) is 6.33. The van der Waals surface area contributed by atoms with Crippen LogP contribution in [0.2, 0.25) is 0 Å². The fourth-order valence-corrected chi connectivity index (χ4v) is 3.14. The van der Waals surface area contributed by atoms with Crippen LogP contribution in [-0.2, 0) is 14.8 Å². The molecule has 0 radical (unpaired) electrons. The van der Waals surface area contributed by atoms with Crippen molar-refractivity contribution in [2.45, 2.75) is 46.1 Å². The largest absolute Gasteiger partial charge is 0.494 e. The Labute approximate surface area is 145 Å². The minimum Gasteiger partial charge on any atom is -0.494 e. The van der Waals surface area contributed by atoms with Gasteiger partial charge in [0.1, 0.15) is 12.3 Å². The van der Waals surface area contributed by atoms with E-state index in [9.17, 15) is 13.2 Å². The summed E-state index contributed by atoms with van der Waals surface area (Å²) >= 11 is 0. The lowest BCUT2D eigenvalue weighted by Crippen LogP contribution is -2.43. The number of amides is 1. The summed E-state index contributed by atoms with van der Waals surface area (Å²) in [6, 6.07) is 6.74. The maximum absolute atomic E-state index is 12.1. The van der Waals surface area contributed by atoms with E-state index >= 15 is 0 Å². The zero-order valence-corrected chi connectivity index (χ0v) is 15.7. The average Bonchev–Trinajstić information content (AvgIpc) is 2.50. The van der Waals surface area contributed by atoms with E-state index < -0.39 is 10.0 Å². The first kappa shape index (κ1) is 20.3. The predicted octanol–water partition coefficient (Wildman–Crippen LogP) is 2.55. The molecule has 136 valence electrons. The van der Waals surface area contributed by atoms with Crippen molar-refractivity contribution < 1.29 is 17.9 Å². The van der Waals surface area contributed by atoms with E-state index in [1.54, 1.807) is 24.3 Å². The molecule has 0 spiro atoms. The summed E-state index contributed by atoms with van der Waals surface area (Å²) in [5, 5.41) is 2.82. The minimum atomic E-state index is -3.56. The van der Waals surface area contributed by atoms with Gasteiger partial charge in [-0.1, -0.05) is 20.3 Å². The molecular formula is C17H28N2O4S. The fraction of sp³-hybridized carbons (Fsp3) is 0.588. The first-order valence-electron chi connectivity index (χ1n) is 8.27. The molecule has 0 aromatic heterocycles. The van der Waals surface area contributed by atoms with Gasteiger partial charge in [-0.25, -0.2) is 8.42 Å². The molecule has 0 bridgehead atoms. The number of hydrogen-bond acceptors (Lipinski definition) is 4. The molecule has 0 aliphatic heterocycles. The molecule has 7 heteroatoms. The van der Waals surface area contributed by atoms with E-state index in [2.05, 4.69) is 5.32 Å². The number of anilines is 1. The second kappa shape index (κ2) is 9.52. The van der Waals surface area contributed by atoms with Crippen LogP contribution in [0.3, 0.4) is 0 Å². The first-order chi connectivity index (χ1) is 11.3. The number of benzene rings is 1. The summed E-state index contributed by atoms with van der Waals surface area (Å²) in [5.41, 5.74) is 0.444. The lowest BCUT2D eigenvalue weighted by molar-refractivity contribution is -0.120. The number of ether oxygens (including phenoxy) is 1. The van der Waals surface area contributed by atoms with Gasteiger partial charge in [-0.05, 0) is 44.0 Å². The molecule has 1 aromatic carbocycles. The highest BCUT2D eigenvalue weighted by molar-refractivity contribution is 7.92. The third-order valence-electron chi connectivity index (χ3n) is 3.41. The minimum absolute atomic E-state index is 0.0220. The second-order valence-electron chi connectivity index (χ2n) is 5.87. The van der Waals surface area contributed by atoms with Crippen molar-refractivity contribution in [2.75, 3.05) is 23.7 Å². The molecule has 0 aliphatic carbocycles. The number of carbonyl (C=O) groups is 1. The van der Waals surface area contributed by atoms with Gasteiger partial charge in [0.2, 0.25) is 15.9 Å². The van der Waals surface area contributed by atoms with E-state index in [4.69, 9.17) is 4.74 Å². The van der Waals surface area contributed by atoms with Crippen molar-refractivity contribution in [3.05, 3.63) is 24.3 Å². The summed E-state index contributed by atoms with van der Waals surface area (Å²) in [6.07, 6.45) is 3.80. The Hall–Kier alpha value is -1.76. The van der Waals surface area contributed by atoms with Gasteiger partial charge < -0.3 is 10.1 Å². The SMILES string of the molecule is CCCOc1ccc(N(CC(=O)NC(C)CCC)S(C)(=O)=O)cc1. The molecule has 0 aliphatic rings. The van der Waals surface area contributed by atoms with Gasteiger partial charge in [0.05, 0.1) is 18.6 Å². The fourth-order valence-electron chi connectivity index (χ4n) is 2.28. The Kier molecular flexibility index (Phi) is 8.04. The third kappa shape index (κ3) is 6.78. The van der Waals surface area contributed by atoms with Crippen molar-refractivity contribution in [3.63, 3.8) is 0 Å². The van der Waals surface area contributed by atoms with E-state index in [1.807, 2.05) is 20.8 Å². The topological polar surface area (TPSA) is 75.7 Å². The van der Waals surface area contributed by atoms with Crippen molar-refractivity contribution >= 4 is 21.6 Å². The standard InChI is InChI=1S/C17H28N2O4S/c1-5-7-14(3)18-17(20)13-19(24(4,21)22)15-8-10-16(11-9-15)23-12-6-2/h8-11,14H,5-7,12-13H2,1-4H3,(H,18,20). The third-order valence-corrected chi connectivity index (χ3v) is 4.55. The smallest absolute Gasteiger partial charge is 0.240 e. The Balaban J connectivity index is 2.84. The molecule has 1 aromatic rings. The maximum atomic E-state index is 12.1. The van der Waals surface area contributed by atoms with Gasteiger partial charge in [0, 0.05) is 6.04 Å². The van der Waals surface area contributed by atoms with E-state index in [0.29, 0.717) is 18.0 Å². The highest BCUT2D eigenvalue weighted by atomic mass is 32.2. The van der Waals surface area contributed by atoms with Crippen LogP contribution in [0.1, 0.15) is 40.0 Å². The normalized spacial score (nSPS) is 12.5. The van der Waals surface area contributed by atoms with Gasteiger partial charge in [-0.15, -0.1) is 0 Å². The van der Waals surface area contributed by atoms with Crippen LogP contribution in [-0.4, -0.2) is 39.8 Å². The van der Waals surface area contributed by atoms with Gasteiger partial charge in [0.15, 0.2) is 0 Å². The molecule has 0 saturated carbocycles. The van der Waals surface area contributed by atoms with Crippen LogP contribution in [0.15, 0.2) is 24.3 Å². The van der Waals surface area contributed by atoms with Crippen LogP contribution in [0, 0.1) is 0 Å². The number of nitrogens with one attached hydrogen (secondary N) is 1. The molecule has 6 nitrogen and oxygen atoms in total. The summed E-state index contributed by atoms with van der Waals surface area (Å²) in [4.78, 5) is 12.1. The van der Waals surface area contributed by atoms with Crippen molar-refractivity contribution in [1.82, 2.24) is 5.32 Å². The highest BCUT2D eigenvalue weighted by Gasteiger charge is 2.21. The molecular weight excluding hydrogens is 328 g/mol. The van der Waals surface area contributed by atoms with Gasteiger partial charge in [-0.2, -0.15) is 0 Å². The van der Waals surface area contributed by atoms with E-state index in [-0.39, 0.29) is 18.5 Å². The lowest BCUT2D eigenvalue weighted by Gasteiger charge is -2.23. The van der Waals surface area contributed by atoms with Crippen LogP contribution in [0.5, 0.6) is 5.75 Å². The van der Waals surface area contributed by atoms with Crippen LogP contribution in [0.4, 0.5) is 5.69 Å². The predicted molar refractivity (Wildman–Crippen MR) is 96.9 cm³/mol. The molecule has 0 saturated heterocycles. The first-order valence-corrected chi connectivity index (χ1v) is 10.1. The van der Waals surface area contributed by atoms with Crippen molar-refractivity contribution in [2.24, 2.45) is 0 Å². The Morgan fingerprint density at radius 2 is 1.83 bits per heavy atom. The average molecular weight is 356 g/mol. The van der Waals surface area contributed by atoms with Gasteiger partial charge in [0.25, 0.3) is 0 Å². The van der Waals surface area contributed by atoms with Crippen molar-refractivity contribution in [1.29, 1.82) is 0 Å². The summed E-state index contributed by atoms with van der Waals surface area (Å²) in [7, 11) is -3.56. The highest BCUT2D eigenvalue weighted by Crippen LogP contribution is 2.21. The zero-order chi connectivity index (χ0) is 18.2. The van der Waals surface area contributed by atoms with Crippen LogP contribution >= 0.6 is 0 Å². The Morgan fingerprint density at radius 1 is 1.21 bits per heavy atom. The summed E-state index contributed by atoms with van der Waals surface area (Å²) in [5.74, 6) is 0.364. The van der Waals surface area contributed by atoms with E-state index in [1.165, 1.54) is 0 Å². The Bertz CT molecular complexity index is 614. The quantitative estimate of drug-likeness (QED) is 0.699. The van der Waals surface area contributed by atoms with E-state index in [0.717, 1.165) is 29.8 Å². The molecule has 1 unspecified atom stereocenters. The number of nitrogens with zero attached hydrogens (tertiary/aromatic N) is 1. The zero-order valence-electron chi connectivity index (χ0n) is 14.9. The molecule has 1 N–H and O–H groups in total. The molecule has 1 amide bonds. The monoisotopic (exact) mass is 356 g/mol. The number of rotatable bonds is 10. The van der Waals surface area contributed by atoms with Crippen molar-refractivity contribution in [3.8, 4) is 5.75 Å². The summed E-state index contributed by atoms with van der Waals surface area (Å²) < 4.78 is 30.7. The lowest BCUT2D eigenvalue weighted by atomic mass is 10.2. The maximum Gasteiger partial charge on any atom is 0.240 e. The van der Waals surface area contributed by atoms with Gasteiger partial charge in [-0.3, -0.25) is 9.10 Å². The van der Waals surface area contributed by atoms with Crippen LogP contribution < -0.4 is 14.4 Å².